The van der Waals surface area contributed by atoms with Crippen molar-refractivity contribution in [1.29, 1.82) is 0 Å². The largest absolute Gasteiger partial charge is 0.493 e. The molecule has 8 nitrogen and oxygen atoms in total. The third-order valence-electron chi connectivity index (χ3n) is 5.00. The van der Waals surface area contributed by atoms with Crippen molar-refractivity contribution in [2.75, 3.05) is 25.1 Å². The van der Waals surface area contributed by atoms with Gasteiger partial charge in [0.15, 0.2) is 11.1 Å². The van der Waals surface area contributed by atoms with Crippen LogP contribution in [0.3, 0.4) is 0 Å². The van der Waals surface area contributed by atoms with E-state index in [0.29, 0.717) is 18.3 Å². The maximum absolute atomic E-state index is 12.1. The van der Waals surface area contributed by atoms with E-state index in [9.17, 15) is 17.2 Å². The van der Waals surface area contributed by atoms with Crippen LogP contribution < -0.4 is 15.2 Å². The van der Waals surface area contributed by atoms with E-state index in [1.807, 2.05) is 18.2 Å². The maximum atomic E-state index is 12.1. The van der Waals surface area contributed by atoms with Crippen LogP contribution in [0.1, 0.15) is 18.4 Å². The Kier molecular flexibility index (Phi) is 8.48. The van der Waals surface area contributed by atoms with Crippen molar-refractivity contribution >= 4 is 42.7 Å². The molecule has 1 aliphatic heterocycles. The number of anilines is 1. The molecule has 0 aliphatic carbocycles. The van der Waals surface area contributed by atoms with Crippen molar-refractivity contribution in [1.82, 2.24) is 0 Å². The molecule has 0 bridgehead atoms. The fourth-order valence-corrected chi connectivity index (χ4v) is 4.92. The molecule has 1 fully saturated rings. The second kappa shape index (κ2) is 10.9. The van der Waals surface area contributed by atoms with Crippen LogP contribution in [0.5, 0.6) is 5.75 Å². The van der Waals surface area contributed by atoms with Crippen LogP contribution in [0.2, 0.25) is 0 Å². The number of rotatable bonds is 9. The number of para-hydroxylation sites is 1. The molecule has 0 amide bonds. The van der Waals surface area contributed by atoms with Crippen molar-refractivity contribution < 1.29 is 26.7 Å². The molecule has 2 atom stereocenters. The summed E-state index contributed by atoms with van der Waals surface area (Å²) >= 11 is 1.15. The summed E-state index contributed by atoms with van der Waals surface area (Å²) in [6.07, 6.45) is 2.00. The molecule has 1 aliphatic rings. The minimum atomic E-state index is -4.00. The van der Waals surface area contributed by atoms with Gasteiger partial charge in [0.05, 0.1) is 12.3 Å². The van der Waals surface area contributed by atoms with Gasteiger partial charge < -0.3 is 19.3 Å². The van der Waals surface area contributed by atoms with Crippen molar-refractivity contribution in [3.05, 3.63) is 52.5 Å². The SMILES string of the molecule is NS(=O)(=O)c1ccccc1NC(Cc1ccc(Br)cc1OCC1CCOCC1)S(=O)O. The Morgan fingerprint density at radius 1 is 1.26 bits per heavy atom. The molecule has 0 radical (unpaired) electrons. The van der Waals surface area contributed by atoms with E-state index in [0.717, 1.165) is 36.1 Å². The topological polar surface area (TPSA) is 128 Å². The van der Waals surface area contributed by atoms with Crippen LogP contribution in [-0.2, 0) is 32.3 Å². The zero-order valence-electron chi connectivity index (χ0n) is 16.7. The molecule has 1 saturated heterocycles. The van der Waals surface area contributed by atoms with Gasteiger partial charge in [0.2, 0.25) is 10.0 Å². The Morgan fingerprint density at radius 3 is 2.65 bits per heavy atom. The third-order valence-corrected chi connectivity index (χ3v) is 7.24. The lowest BCUT2D eigenvalue weighted by Gasteiger charge is -2.24. The van der Waals surface area contributed by atoms with E-state index in [2.05, 4.69) is 21.2 Å². The zero-order chi connectivity index (χ0) is 22.4. The van der Waals surface area contributed by atoms with Crippen LogP contribution in [0, 0.1) is 5.92 Å². The second-order valence-corrected chi connectivity index (χ2v) is 10.8. The molecule has 3 rings (SSSR count). The first-order valence-corrected chi connectivity index (χ1v) is 13.2. The van der Waals surface area contributed by atoms with Gasteiger partial charge in [-0.2, -0.15) is 0 Å². The average molecular weight is 533 g/mol. The Bertz CT molecular complexity index is 1030. The van der Waals surface area contributed by atoms with Gasteiger partial charge in [-0.1, -0.05) is 34.1 Å². The summed E-state index contributed by atoms with van der Waals surface area (Å²) < 4.78 is 57.9. The van der Waals surface area contributed by atoms with E-state index in [1.54, 1.807) is 6.07 Å². The van der Waals surface area contributed by atoms with Crippen LogP contribution in [0.15, 0.2) is 51.8 Å². The smallest absolute Gasteiger partial charge is 0.240 e. The van der Waals surface area contributed by atoms with Gasteiger partial charge in [-0.25, -0.2) is 17.8 Å². The molecule has 2 aromatic rings. The summed E-state index contributed by atoms with van der Waals surface area (Å²) in [4.78, 5) is -0.141. The number of hydrogen-bond acceptors (Lipinski definition) is 6. The summed E-state index contributed by atoms with van der Waals surface area (Å²) in [6, 6.07) is 11.5. The van der Waals surface area contributed by atoms with Crippen molar-refractivity contribution in [3.63, 3.8) is 0 Å². The van der Waals surface area contributed by atoms with Crippen LogP contribution in [0.4, 0.5) is 5.69 Å². The Morgan fingerprint density at radius 2 is 1.97 bits per heavy atom. The molecule has 0 spiro atoms. The number of nitrogens with two attached hydrogens (primary N) is 1. The standard InChI is InChI=1S/C20H25BrN2O6S2/c21-16-6-5-15(18(12-16)29-13-14-7-9-28-10-8-14)11-20(30(24)25)23-17-3-1-2-4-19(17)31(22,26)27/h1-6,12,14,20,23H,7-11,13H2,(H,24,25)(H2,22,26,27). The summed E-state index contributed by atoms with van der Waals surface area (Å²) in [6.45, 7) is 1.97. The van der Waals surface area contributed by atoms with E-state index in [4.69, 9.17) is 14.6 Å². The number of ether oxygens (including phenoxy) is 2. The predicted molar refractivity (Wildman–Crippen MR) is 123 cm³/mol. The van der Waals surface area contributed by atoms with Gasteiger partial charge in [0.1, 0.15) is 16.0 Å². The van der Waals surface area contributed by atoms with Gasteiger partial charge in [0, 0.05) is 24.1 Å². The number of benzene rings is 2. The van der Waals surface area contributed by atoms with Gasteiger partial charge >= 0.3 is 0 Å². The minimum Gasteiger partial charge on any atom is -0.493 e. The first-order chi connectivity index (χ1) is 14.7. The van der Waals surface area contributed by atoms with Crippen molar-refractivity contribution in [2.24, 2.45) is 11.1 Å². The molecular formula is C20H25BrN2O6S2. The van der Waals surface area contributed by atoms with Crippen LogP contribution >= 0.6 is 15.9 Å². The summed E-state index contributed by atoms with van der Waals surface area (Å²) in [5, 5.41) is 7.15. The van der Waals surface area contributed by atoms with Gasteiger partial charge in [-0.05, 0) is 48.6 Å². The van der Waals surface area contributed by atoms with Gasteiger partial charge in [-0.3, -0.25) is 0 Å². The fourth-order valence-electron chi connectivity index (χ4n) is 3.33. The normalized spacial score (nSPS) is 17.1. The molecule has 1 heterocycles. The molecule has 31 heavy (non-hydrogen) atoms. The lowest BCUT2D eigenvalue weighted by Crippen LogP contribution is -2.29. The monoisotopic (exact) mass is 532 g/mol. The second-order valence-electron chi connectivity index (χ2n) is 7.27. The molecule has 0 aromatic heterocycles. The Balaban J connectivity index is 1.79. The van der Waals surface area contributed by atoms with E-state index < -0.39 is 26.5 Å². The highest BCUT2D eigenvalue weighted by Crippen LogP contribution is 2.28. The number of sulfonamides is 1. The number of hydrogen-bond donors (Lipinski definition) is 3. The van der Waals surface area contributed by atoms with Crippen LogP contribution in [-0.4, -0.2) is 42.4 Å². The minimum absolute atomic E-state index is 0.137. The molecule has 2 aromatic carbocycles. The average Bonchev–Trinajstić information content (AvgIpc) is 2.73. The Hall–Kier alpha value is -1.50. The fraction of sp³-hybridized carbons (Fsp3) is 0.400. The third kappa shape index (κ3) is 6.99. The lowest BCUT2D eigenvalue weighted by atomic mass is 10.0. The highest BCUT2D eigenvalue weighted by Gasteiger charge is 2.23. The van der Waals surface area contributed by atoms with Crippen molar-refractivity contribution in [2.45, 2.75) is 29.5 Å². The van der Waals surface area contributed by atoms with E-state index in [-0.39, 0.29) is 17.0 Å². The first kappa shape index (κ1) is 24.1. The molecule has 170 valence electrons. The predicted octanol–water partition coefficient (Wildman–Crippen LogP) is 3.10. The first-order valence-electron chi connectivity index (χ1n) is 9.71. The summed E-state index contributed by atoms with van der Waals surface area (Å²) in [5.74, 6) is 1.00. The molecule has 2 unspecified atom stereocenters. The lowest BCUT2D eigenvalue weighted by molar-refractivity contribution is 0.0496. The van der Waals surface area contributed by atoms with Crippen molar-refractivity contribution in [3.8, 4) is 5.75 Å². The van der Waals surface area contributed by atoms with E-state index >= 15 is 0 Å². The summed E-state index contributed by atoms with van der Waals surface area (Å²) in [5.41, 5.74) is 0.891. The molecule has 11 heteroatoms. The number of halogens is 1. The van der Waals surface area contributed by atoms with Gasteiger partial charge in [0.25, 0.3) is 0 Å². The highest BCUT2D eigenvalue weighted by atomic mass is 79.9. The number of primary sulfonamides is 1. The molecule has 4 N–H and O–H groups in total. The quantitative estimate of drug-likeness (QED) is 0.423. The maximum Gasteiger partial charge on any atom is 0.240 e. The highest BCUT2D eigenvalue weighted by molar-refractivity contribution is 9.10. The van der Waals surface area contributed by atoms with Crippen LogP contribution in [0.25, 0.3) is 0 Å². The zero-order valence-corrected chi connectivity index (χ0v) is 19.9. The molecular weight excluding hydrogens is 508 g/mol. The summed E-state index contributed by atoms with van der Waals surface area (Å²) in [7, 11) is -4.00. The Labute approximate surface area is 193 Å². The van der Waals surface area contributed by atoms with E-state index in [1.165, 1.54) is 18.2 Å². The number of nitrogens with one attached hydrogen (secondary N) is 1. The van der Waals surface area contributed by atoms with Gasteiger partial charge in [-0.15, -0.1) is 0 Å². The molecule has 0 saturated carbocycles.